The molecule has 0 spiro atoms. The molecule has 0 radical (unpaired) electrons. The first-order valence-electron chi connectivity index (χ1n) is 10.9. The Balaban J connectivity index is 1.63. The molecule has 1 aliphatic carbocycles. The number of nitrogens with one attached hydrogen (secondary N) is 1. The number of carbonyl (C=O) groups excluding carboxylic acids is 2. The molecule has 1 aromatic rings. The molecule has 28 heavy (non-hydrogen) atoms. The highest BCUT2D eigenvalue weighted by molar-refractivity contribution is 5.99. The van der Waals surface area contributed by atoms with Crippen LogP contribution in [-0.4, -0.2) is 25.0 Å². The van der Waals surface area contributed by atoms with Crippen molar-refractivity contribution in [2.75, 3.05) is 23.4 Å². The molecule has 2 aliphatic rings. The van der Waals surface area contributed by atoms with Gasteiger partial charge in [-0.25, -0.2) is 0 Å². The van der Waals surface area contributed by atoms with Gasteiger partial charge in [-0.1, -0.05) is 40.0 Å². The van der Waals surface area contributed by atoms with Gasteiger partial charge in [-0.2, -0.15) is 0 Å². The van der Waals surface area contributed by atoms with Gasteiger partial charge in [0, 0.05) is 18.2 Å². The highest BCUT2D eigenvalue weighted by Gasteiger charge is 2.28. The Hall–Kier alpha value is -2.04. The highest BCUT2D eigenvalue weighted by atomic mass is 16.5. The third-order valence-corrected chi connectivity index (χ3v) is 5.90. The quantitative estimate of drug-likeness (QED) is 0.717. The maximum Gasteiger partial charge on any atom is 0.265 e. The third-order valence-electron chi connectivity index (χ3n) is 5.90. The van der Waals surface area contributed by atoms with Crippen LogP contribution < -0.4 is 15.0 Å². The lowest BCUT2D eigenvalue weighted by atomic mass is 9.79. The smallest absolute Gasteiger partial charge is 0.265 e. The van der Waals surface area contributed by atoms with Crippen molar-refractivity contribution in [3.63, 3.8) is 0 Å². The van der Waals surface area contributed by atoms with Crippen molar-refractivity contribution in [1.29, 1.82) is 0 Å². The van der Waals surface area contributed by atoms with Crippen molar-refractivity contribution in [2.24, 2.45) is 17.8 Å². The first-order chi connectivity index (χ1) is 13.5. The molecular formula is C23H34N2O3. The number of carbonyl (C=O) groups is 2. The maximum atomic E-state index is 12.8. The van der Waals surface area contributed by atoms with Gasteiger partial charge in [0.1, 0.15) is 5.75 Å². The Labute approximate surface area is 168 Å². The van der Waals surface area contributed by atoms with Gasteiger partial charge in [-0.15, -0.1) is 0 Å². The monoisotopic (exact) mass is 386 g/mol. The van der Waals surface area contributed by atoms with E-state index in [1.165, 1.54) is 19.3 Å². The van der Waals surface area contributed by atoms with Gasteiger partial charge in [-0.3, -0.25) is 9.59 Å². The standard InChI is InChI=1S/C23H34N2O3/c1-4-5-6-17-7-9-18(10-8-17)23(27)24-19-11-12-21-20(13-19)25(14-16(2)3)22(26)15-28-21/h11-13,16-18H,4-10,14-15H2,1-3H3,(H,24,27). The number of benzene rings is 1. The van der Waals surface area contributed by atoms with Gasteiger partial charge >= 0.3 is 0 Å². The van der Waals surface area contributed by atoms with E-state index in [2.05, 4.69) is 26.1 Å². The number of amides is 2. The average molecular weight is 387 g/mol. The van der Waals surface area contributed by atoms with E-state index >= 15 is 0 Å². The fourth-order valence-corrected chi connectivity index (χ4v) is 4.30. The highest BCUT2D eigenvalue weighted by Crippen LogP contribution is 2.36. The number of hydrogen-bond donors (Lipinski definition) is 1. The maximum absolute atomic E-state index is 12.8. The molecule has 154 valence electrons. The van der Waals surface area contributed by atoms with Crippen LogP contribution in [0.5, 0.6) is 5.75 Å². The largest absolute Gasteiger partial charge is 0.482 e. The fourth-order valence-electron chi connectivity index (χ4n) is 4.30. The zero-order valence-corrected chi connectivity index (χ0v) is 17.5. The zero-order valence-electron chi connectivity index (χ0n) is 17.5. The van der Waals surface area contributed by atoms with Gasteiger partial charge in [0.2, 0.25) is 5.91 Å². The van der Waals surface area contributed by atoms with Crippen LogP contribution in [0.4, 0.5) is 11.4 Å². The first-order valence-corrected chi connectivity index (χ1v) is 10.9. The molecule has 1 aromatic carbocycles. The zero-order chi connectivity index (χ0) is 20.1. The minimum atomic E-state index is -0.0323. The SMILES string of the molecule is CCCCC1CCC(C(=O)Nc2ccc3c(c2)N(CC(C)C)C(=O)CO3)CC1. The number of anilines is 2. The van der Waals surface area contributed by atoms with Crippen molar-refractivity contribution in [2.45, 2.75) is 65.7 Å². The molecule has 5 nitrogen and oxygen atoms in total. The summed E-state index contributed by atoms with van der Waals surface area (Å²) in [7, 11) is 0. The number of unbranched alkanes of at least 4 members (excludes halogenated alkanes) is 1. The number of ether oxygens (including phenoxy) is 1. The number of rotatable bonds is 7. The molecule has 0 unspecified atom stereocenters. The lowest BCUT2D eigenvalue weighted by Gasteiger charge is -2.31. The third kappa shape index (κ3) is 5.06. The Morgan fingerprint density at radius 3 is 2.68 bits per heavy atom. The summed E-state index contributed by atoms with van der Waals surface area (Å²) in [5.41, 5.74) is 1.50. The normalized spacial score (nSPS) is 22.0. The Morgan fingerprint density at radius 1 is 1.25 bits per heavy atom. The van der Waals surface area contributed by atoms with Crippen LogP contribution in [0, 0.1) is 17.8 Å². The molecule has 0 aromatic heterocycles. The van der Waals surface area contributed by atoms with E-state index in [1.54, 1.807) is 4.90 Å². The summed E-state index contributed by atoms with van der Waals surface area (Å²) in [6.45, 7) is 7.13. The number of hydrogen-bond acceptors (Lipinski definition) is 3. The van der Waals surface area contributed by atoms with Crippen LogP contribution in [0.3, 0.4) is 0 Å². The molecule has 1 fully saturated rings. The van der Waals surface area contributed by atoms with Gasteiger partial charge < -0.3 is 15.0 Å². The Kier molecular flexibility index (Phi) is 6.97. The van der Waals surface area contributed by atoms with E-state index in [4.69, 9.17) is 4.74 Å². The molecule has 0 atom stereocenters. The van der Waals surface area contributed by atoms with E-state index in [9.17, 15) is 9.59 Å². The first kappa shape index (κ1) is 20.7. The summed E-state index contributed by atoms with van der Waals surface area (Å²) in [6.07, 6.45) is 8.12. The second kappa shape index (κ2) is 9.44. The molecule has 3 rings (SSSR count). The summed E-state index contributed by atoms with van der Waals surface area (Å²) in [6, 6.07) is 5.60. The molecule has 1 N–H and O–H groups in total. The van der Waals surface area contributed by atoms with E-state index < -0.39 is 0 Å². The van der Waals surface area contributed by atoms with Crippen LogP contribution in [0.15, 0.2) is 18.2 Å². The molecule has 2 amide bonds. The van der Waals surface area contributed by atoms with Crippen LogP contribution in [-0.2, 0) is 9.59 Å². The number of nitrogens with zero attached hydrogens (tertiary/aromatic N) is 1. The lowest BCUT2D eigenvalue weighted by molar-refractivity contribution is -0.121. The van der Waals surface area contributed by atoms with Crippen molar-refractivity contribution in [3.8, 4) is 5.75 Å². The summed E-state index contributed by atoms with van der Waals surface area (Å²) < 4.78 is 5.56. The van der Waals surface area contributed by atoms with Crippen LogP contribution in [0.2, 0.25) is 0 Å². The van der Waals surface area contributed by atoms with Crippen molar-refractivity contribution in [3.05, 3.63) is 18.2 Å². The summed E-state index contributed by atoms with van der Waals surface area (Å²) in [4.78, 5) is 26.8. The second-order valence-corrected chi connectivity index (χ2v) is 8.72. The molecule has 1 saturated carbocycles. The number of fused-ring (bicyclic) bond motifs is 1. The molecular weight excluding hydrogens is 352 g/mol. The molecule has 5 heteroatoms. The summed E-state index contributed by atoms with van der Waals surface area (Å²) in [5.74, 6) is 2.02. The molecule has 1 heterocycles. The van der Waals surface area contributed by atoms with E-state index in [0.717, 1.165) is 43.0 Å². The molecule has 0 saturated heterocycles. The average Bonchev–Trinajstić information content (AvgIpc) is 2.69. The van der Waals surface area contributed by atoms with Gasteiger partial charge in [-0.05, 0) is 55.7 Å². The minimum Gasteiger partial charge on any atom is -0.482 e. The predicted molar refractivity (Wildman–Crippen MR) is 113 cm³/mol. The second-order valence-electron chi connectivity index (χ2n) is 8.72. The minimum absolute atomic E-state index is 0.0323. The van der Waals surface area contributed by atoms with E-state index in [1.807, 2.05) is 18.2 Å². The topological polar surface area (TPSA) is 58.6 Å². The van der Waals surface area contributed by atoms with Gasteiger partial charge in [0.05, 0.1) is 5.69 Å². The van der Waals surface area contributed by atoms with E-state index in [0.29, 0.717) is 18.2 Å². The summed E-state index contributed by atoms with van der Waals surface area (Å²) >= 11 is 0. The van der Waals surface area contributed by atoms with Gasteiger partial charge in [0.15, 0.2) is 6.61 Å². The van der Waals surface area contributed by atoms with Crippen LogP contribution >= 0.6 is 0 Å². The molecule has 0 bridgehead atoms. The predicted octanol–water partition coefficient (Wildman–Crippen LogP) is 5.00. The van der Waals surface area contributed by atoms with Crippen LogP contribution in [0.1, 0.15) is 65.7 Å². The Morgan fingerprint density at radius 2 is 2.00 bits per heavy atom. The van der Waals surface area contributed by atoms with Gasteiger partial charge in [0.25, 0.3) is 5.91 Å². The Bertz CT molecular complexity index is 693. The molecule has 1 aliphatic heterocycles. The van der Waals surface area contributed by atoms with Crippen molar-refractivity contribution in [1.82, 2.24) is 0 Å². The van der Waals surface area contributed by atoms with E-state index in [-0.39, 0.29) is 24.3 Å². The fraction of sp³-hybridized carbons (Fsp3) is 0.652. The van der Waals surface area contributed by atoms with Crippen LogP contribution in [0.25, 0.3) is 0 Å². The van der Waals surface area contributed by atoms with Crippen molar-refractivity contribution < 1.29 is 14.3 Å². The lowest BCUT2D eigenvalue weighted by Crippen LogP contribution is -2.41. The summed E-state index contributed by atoms with van der Waals surface area (Å²) in [5, 5.41) is 3.08. The van der Waals surface area contributed by atoms with Crippen molar-refractivity contribution >= 4 is 23.2 Å².